The molecule has 4 aromatic rings. The van der Waals surface area contributed by atoms with Crippen LogP contribution in [0.3, 0.4) is 0 Å². The van der Waals surface area contributed by atoms with Crippen LogP contribution < -0.4 is 9.64 Å². The number of amides is 1. The van der Waals surface area contributed by atoms with Gasteiger partial charge in [0.2, 0.25) is 5.91 Å². The Morgan fingerprint density at radius 3 is 2.68 bits per heavy atom. The van der Waals surface area contributed by atoms with Crippen molar-refractivity contribution in [2.45, 2.75) is 6.92 Å². The first-order chi connectivity index (χ1) is 18.3. The number of hydrogen-bond donors (Lipinski definition) is 1. The third-order valence-corrected chi connectivity index (χ3v) is 7.06. The van der Waals surface area contributed by atoms with Crippen molar-refractivity contribution in [3.63, 3.8) is 0 Å². The van der Waals surface area contributed by atoms with Crippen molar-refractivity contribution in [3.8, 4) is 17.1 Å². The van der Waals surface area contributed by atoms with Gasteiger partial charge >= 0.3 is 6.01 Å². The Balaban J connectivity index is 1.65. The molecule has 1 aliphatic rings. The van der Waals surface area contributed by atoms with Gasteiger partial charge in [-0.2, -0.15) is 15.1 Å². The molecule has 0 radical (unpaired) electrons. The predicted molar refractivity (Wildman–Crippen MR) is 147 cm³/mol. The van der Waals surface area contributed by atoms with Crippen molar-refractivity contribution >= 4 is 45.1 Å². The van der Waals surface area contributed by atoms with Crippen LogP contribution in [0.1, 0.15) is 5.56 Å². The summed E-state index contributed by atoms with van der Waals surface area (Å²) in [4.78, 5) is 26.9. The van der Waals surface area contributed by atoms with Crippen LogP contribution >= 0.6 is 11.6 Å². The number of H-pyrrole nitrogens is 1. The Labute approximate surface area is 224 Å². The lowest BCUT2D eigenvalue weighted by Gasteiger charge is -2.35. The van der Waals surface area contributed by atoms with E-state index in [4.69, 9.17) is 16.3 Å². The van der Waals surface area contributed by atoms with E-state index in [0.717, 1.165) is 16.5 Å². The van der Waals surface area contributed by atoms with E-state index in [1.165, 1.54) is 6.08 Å². The number of nitrogens with zero attached hydrogens (tertiary/aromatic N) is 6. The minimum atomic E-state index is -0.550. The third-order valence-electron chi connectivity index (χ3n) is 6.76. The Hall–Kier alpha value is -3.76. The van der Waals surface area contributed by atoms with E-state index in [1.54, 1.807) is 17.2 Å². The van der Waals surface area contributed by atoms with Crippen molar-refractivity contribution in [1.82, 2.24) is 30.0 Å². The molecule has 0 saturated carbocycles. The van der Waals surface area contributed by atoms with Gasteiger partial charge in [0.15, 0.2) is 5.82 Å². The lowest BCUT2D eigenvalue weighted by atomic mass is 9.95. The summed E-state index contributed by atoms with van der Waals surface area (Å²) in [6.45, 7) is 8.47. The molecule has 0 aliphatic carbocycles. The second-order valence-electron chi connectivity index (χ2n) is 9.53. The summed E-state index contributed by atoms with van der Waals surface area (Å²) in [5.74, 6) is -0.149. The number of halogens is 2. The minimum absolute atomic E-state index is 0.0874. The molecule has 1 aliphatic heterocycles. The fourth-order valence-electron chi connectivity index (χ4n) is 4.74. The largest absolute Gasteiger partial charge is 0.462 e. The Morgan fingerprint density at radius 2 is 1.97 bits per heavy atom. The smallest absolute Gasteiger partial charge is 0.319 e. The number of piperazine rings is 1. The van der Waals surface area contributed by atoms with Gasteiger partial charge in [-0.25, -0.2) is 4.39 Å². The van der Waals surface area contributed by atoms with Crippen LogP contribution in [-0.4, -0.2) is 89.3 Å². The maximum absolute atomic E-state index is 16.5. The molecule has 0 spiro atoms. The molecule has 198 valence electrons. The SMILES string of the molecule is C=CC(=O)N1CCN(c2nc(OCCN(C)C)nc3c(F)c(-c4c(C)ccc5[nH]ncc45)c(Cl)cc23)CC1. The average molecular weight is 538 g/mol. The molecule has 3 heterocycles. The first-order valence-electron chi connectivity index (χ1n) is 12.3. The molecular weight excluding hydrogens is 509 g/mol. The number of aryl methyl sites for hydroxylation is 1. The standard InChI is InChI=1S/C27H29ClFN7O2/c1-5-21(37)35-8-10-36(11-9-35)26-17-14-19(28)23(22-16(2)6-7-20-18(22)15-30-33-20)24(29)25(17)31-27(32-26)38-13-12-34(3)4/h5-7,14-15H,1,8-13H2,2-4H3,(H,30,33). The normalized spacial score (nSPS) is 14.1. The zero-order valence-corrected chi connectivity index (χ0v) is 22.3. The van der Waals surface area contributed by atoms with Crippen LogP contribution in [0.4, 0.5) is 10.2 Å². The zero-order chi connectivity index (χ0) is 27.0. The van der Waals surface area contributed by atoms with Gasteiger partial charge in [0.1, 0.15) is 17.9 Å². The molecule has 38 heavy (non-hydrogen) atoms. The van der Waals surface area contributed by atoms with Crippen LogP contribution in [0.15, 0.2) is 37.1 Å². The average Bonchev–Trinajstić information content (AvgIpc) is 3.38. The van der Waals surface area contributed by atoms with Gasteiger partial charge in [-0.1, -0.05) is 24.2 Å². The predicted octanol–water partition coefficient (Wildman–Crippen LogP) is 4.05. The first kappa shape index (κ1) is 25.9. The molecule has 1 saturated heterocycles. The van der Waals surface area contributed by atoms with Crippen LogP contribution in [0.2, 0.25) is 5.02 Å². The molecule has 0 atom stereocenters. The minimum Gasteiger partial charge on any atom is -0.462 e. The number of benzene rings is 2. The number of rotatable bonds is 7. The van der Waals surface area contributed by atoms with E-state index in [-0.39, 0.29) is 28.0 Å². The van der Waals surface area contributed by atoms with Gasteiger partial charge in [-0.15, -0.1) is 0 Å². The van der Waals surface area contributed by atoms with Crippen molar-refractivity contribution in [1.29, 1.82) is 0 Å². The molecule has 2 aromatic carbocycles. The Bertz CT molecular complexity index is 1530. The van der Waals surface area contributed by atoms with Gasteiger partial charge in [0.05, 0.1) is 16.7 Å². The summed E-state index contributed by atoms with van der Waals surface area (Å²) in [5, 5.41) is 8.57. The van der Waals surface area contributed by atoms with Crippen molar-refractivity contribution in [2.75, 3.05) is 58.3 Å². The van der Waals surface area contributed by atoms with Crippen molar-refractivity contribution in [2.24, 2.45) is 0 Å². The molecule has 5 rings (SSSR count). The van der Waals surface area contributed by atoms with Crippen LogP contribution in [-0.2, 0) is 4.79 Å². The van der Waals surface area contributed by atoms with Crippen LogP contribution in [0.25, 0.3) is 32.9 Å². The molecule has 2 aromatic heterocycles. The summed E-state index contributed by atoms with van der Waals surface area (Å²) in [7, 11) is 3.87. The summed E-state index contributed by atoms with van der Waals surface area (Å²) in [6.07, 6.45) is 2.98. The van der Waals surface area contributed by atoms with E-state index < -0.39 is 5.82 Å². The quantitative estimate of drug-likeness (QED) is 0.356. The number of aromatic nitrogens is 4. The number of fused-ring (bicyclic) bond motifs is 2. The highest BCUT2D eigenvalue weighted by molar-refractivity contribution is 6.35. The Kier molecular flexibility index (Phi) is 7.18. The number of aromatic amines is 1. The summed E-state index contributed by atoms with van der Waals surface area (Å²) >= 11 is 6.79. The van der Waals surface area contributed by atoms with Crippen molar-refractivity contribution < 1.29 is 13.9 Å². The van der Waals surface area contributed by atoms with E-state index in [9.17, 15) is 4.79 Å². The number of hydrogen-bond acceptors (Lipinski definition) is 7. The number of likely N-dealkylation sites (N-methyl/N-ethyl adjacent to an activating group) is 1. The molecule has 1 fully saturated rings. The molecule has 0 unspecified atom stereocenters. The molecule has 0 bridgehead atoms. The number of ether oxygens (including phenoxy) is 1. The van der Waals surface area contributed by atoms with E-state index in [0.29, 0.717) is 56.1 Å². The number of carbonyl (C=O) groups excluding carboxylic acids is 1. The number of anilines is 1. The monoisotopic (exact) mass is 537 g/mol. The number of nitrogens with one attached hydrogen (secondary N) is 1. The second kappa shape index (κ2) is 10.5. The van der Waals surface area contributed by atoms with Gasteiger partial charge in [0, 0.05) is 54.6 Å². The summed E-state index contributed by atoms with van der Waals surface area (Å²) in [6, 6.07) is 5.61. The van der Waals surface area contributed by atoms with Gasteiger partial charge in [0.25, 0.3) is 0 Å². The summed E-state index contributed by atoms with van der Waals surface area (Å²) < 4.78 is 22.3. The van der Waals surface area contributed by atoms with Crippen LogP contribution in [0.5, 0.6) is 6.01 Å². The molecule has 11 heteroatoms. The molecule has 9 nitrogen and oxygen atoms in total. The molecule has 1 amide bonds. The lowest BCUT2D eigenvalue weighted by Crippen LogP contribution is -2.48. The van der Waals surface area contributed by atoms with Crippen molar-refractivity contribution in [3.05, 3.63) is 53.5 Å². The molecular formula is C27H29ClFN7O2. The van der Waals surface area contributed by atoms with Gasteiger partial charge in [-0.05, 0) is 44.8 Å². The summed E-state index contributed by atoms with van der Waals surface area (Å²) in [5.41, 5.74) is 2.68. The lowest BCUT2D eigenvalue weighted by molar-refractivity contribution is -0.126. The fourth-order valence-corrected chi connectivity index (χ4v) is 5.03. The number of carbonyl (C=O) groups is 1. The highest BCUT2D eigenvalue weighted by Crippen LogP contribution is 2.42. The second-order valence-corrected chi connectivity index (χ2v) is 9.94. The van der Waals surface area contributed by atoms with E-state index in [1.807, 2.05) is 43.0 Å². The van der Waals surface area contributed by atoms with Gasteiger partial charge in [-0.3, -0.25) is 9.89 Å². The van der Waals surface area contributed by atoms with Crippen LogP contribution in [0, 0.1) is 12.7 Å². The van der Waals surface area contributed by atoms with E-state index >= 15 is 4.39 Å². The van der Waals surface area contributed by atoms with E-state index in [2.05, 4.69) is 26.7 Å². The zero-order valence-electron chi connectivity index (χ0n) is 21.6. The Morgan fingerprint density at radius 1 is 1.21 bits per heavy atom. The maximum Gasteiger partial charge on any atom is 0.319 e. The van der Waals surface area contributed by atoms with Gasteiger partial charge < -0.3 is 19.4 Å². The molecule has 1 N–H and O–H groups in total. The fraction of sp³-hybridized carbons (Fsp3) is 0.333. The maximum atomic E-state index is 16.5. The highest BCUT2D eigenvalue weighted by atomic mass is 35.5. The topological polar surface area (TPSA) is 90.5 Å². The first-order valence-corrected chi connectivity index (χ1v) is 12.7. The highest BCUT2D eigenvalue weighted by Gasteiger charge is 2.27. The third kappa shape index (κ3) is 4.77.